The second-order valence-corrected chi connectivity index (χ2v) is 6.94. The van der Waals surface area contributed by atoms with Gasteiger partial charge in [0.25, 0.3) is 0 Å². The fraction of sp³-hybridized carbons (Fsp3) is 0.190. The molecule has 0 atom stereocenters. The molecular formula is C21H21N3O2S. The number of benzene rings is 2. The molecule has 0 spiro atoms. The number of anilines is 2. The van der Waals surface area contributed by atoms with E-state index in [4.69, 9.17) is 0 Å². The molecule has 5 nitrogen and oxygen atoms in total. The largest absolute Gasteiger partial charge is 0.355 e. The molecule has 138 valence electrons. The van der Waals surface area contributed by atoms with Gasteiger partial charge in [0.2, 0.25) is 11.8 Å². The fourth-order valence-electron chi connectivity index (χ4n) is 2.65. The summed E-state index contributed by atoms with van der Waals surface area (Å²) in [6.07, 6.45) is 0.511. The Morgan fingerprint density at radius 1 is 1.04 bits per heavy atom. The molecule has 3 aromatic rings. The molecule has 0 bridgehead atoms. The lowest BCUT2D eigenvalue weighted by Gasteiger charge is -2.20. The summed E-state index contributed by atoms with van der Waals surface area (Å²) in [6, 6.07) is 19.0. The van der Waals surface area contributed by atoms with Gasteiger partial charge in [-0.2, -0.15) is 0 Å². The summed E-state index contributed by atoms with van der Waals surface area (Å²) in [5.74, 6) is -0.194. The zero-order valence-electron chi connectivity index (χ0n) is 15.1. The Morgan fingerprint density at radius 3 is 2.33 bits per heavy atom. The summed E-state index contributed by atoms with van der Waals surface area (Å²) in [4.78, 5) is 31.0. The summed E-state index contributed by atoms with van der Waals surface area (Å²) >= 11 is 1.43. The van der Waals surface area contributed by atoms with Crippen molar-refractivity contribution in [1.29, 1.82) is 0 Å². The lowest BCUT2D eigenvalue weighted by molar-refractivity contribution is -0.120. The van der Waals surface area contributed by atoms with Crippen molar-refractivity contribution in [2.45, 2.75) is 19.8 Å². The minimum absolute atomic E-state index is 0.0923. The van der Waals surface area contributed by atoms with Crippen molar-refractivity contribution >= 4 is 34.0 Å². The molecule has 2 amide bonds. The molecule has 1 aromatic heterocycles. The van der Waals surface area contributed by atoms with Gasteiger partial charge in [-0.1, -0.05) is 48.5 Å². The van der Waals surface area contributed by atoms with Gasteiger partial charge in [-0.25, -0.2) is 4.98 Å². The Hall–Kier alpha value is -2.99. The first kappa shape index (κ1) is 18.8. The molecule has 0 aliphatic heterocycles. The van der Waals surface area contributed by atoms with Gasteiger partial charge < -0.3 is 5.32 Å². The van der Waals surface area contributed by atoms with Gasteiger partial charge in [-0.05, 0) is 24.6 Å². The zero-order valence-corrected chi connectivity index (χ0v) is 15.9. The summed E-state index contributed by atoms with van der Waals surface area (Å²) in [6.45, 7) is 2.19. The van der Waals surface area contributed by atoms with Crippen molar-refractivity contribution in [2.75, 3.05) is 11.4 Å². The Kier molecular flexibility index (Phi) is 6.33. The first-order valence-corrected chi connectivity index (χ1v) is 9.62. The van der Waals surface area contributed by atoms with Crippen LogP contribution in [0.3, 0.4) is 0 Å². The van der Waals surface area contributed by atoms with E-state index in [2.05, 4.69) is 10.3 Å². The average molecular weight is 379 g/mol. The summed E-state index contributed by atoms with van der Waals surface area (Å²) in [5.41, 5.74) is 2.60. The van der Waals surface area contributed by atoms with Gasteiger partial charge >= 0.3 is 0 Å². The SMILES string of the molecule is Cc1csc(N(C(=O)CCNC(=O)Cc2ccccc2)c2ccccc2)n1. The standard InChI is InChI=1S/C21H21N3O2S/c1-16-15-27-21(23-16)24(18-10-6-3-7-11-18)20(26)12-13-22-19(25)14-17-8-4-2-5-9-17/h2-11,15H,12-14H2,1H3,(H,22,25). The molecule has 0 unspecified atom stereocenters. The molecule has 1 heterocycles. The topological polar surface area (TPSA) is 62.3 Å². The lowest BCUT2D eigenvalue weighted by Crippen LogP contribution is -2.32. The highest BCUT2D eigenvalue weighted by Crippen LogP contribution is 2.29. The molecule has 0 fully saturated rings. The van der Waals surface area contributed by atoms with E-state index in [0.717, 1.165) is 16.9 Å². The number of aromatic nitrogens is 1. The summed E-state index contributed by atoms with van der Waals surface area (Å²) < 4.78 is 0. The Balaban J connectivity index is 1.61. The van der Waals surface area contributed by atoms with Gasteiger partial charge in [0, 0.05) is 18.3 Å². The van der Waals surface area contributed by atoms with Gasteiger partial charge in [-0.3, -0.25) is 14.5 Å². The van der Waals surface area contributed by atoms with Crippen LogP contribution in [0.4, 0.5) is 10.8 Å². The predicted octanol–water partition coefficient (Wildman–Crippen LogP) is 3.87. The lowest BCUT2D eigenvalue weighted by atomic mass is 10.1. The van der Waals surface area contributed by atoms with Crippen molar-refractivity contribution in [2.24, 2.45) is 0 Å². The highest BCUT2D eigenvalue weighted by Gasteiger charge is 2.20. The van der Waals surface area contributed by atoms with Crippen molar-refractivity contribution < 1.29 is 9.59 Å². The third kappa shape index (κ3) is 5.24. The van der Waals surface area contributed by atoms with Crippen LogP contribution < -0.4 is 10.2 Å². The van der Waals surface area contributed by atoms with Gasteiger partial charge in [0.05, 0.1) is 17.8 Å². The molecular weight excluding hydrogens is 358 g/mol. The Bertz CT molecular complexity index is 894. The van der Waals surface area contributed by atoms with Crippen LogP contribution in [0, 0.1) is 6.92 Å². The van der Waals surface area contributed by atoms with Crippen LogP contribution in [0.2, 0.25) is 0 Å². The number of carbonyl (C=O) groups excluding carboxylic acids is 2. The highest BCUT2D eigenvalue weighted by molar-refractivity contribution is 7.14. The van der Waals surface area contributed by atoms with E-state index in [9.17, 15) is 9.59 Å². The average Bonchev–Trinajstić information content (AvgIpc) is 3.09. The summed E-state index contributed by atoms with van der Waals surface area (Å²) in [7, 11) is 0. The Morgan fingerprint density at radius 2 is 1.70 bits per heavy atom. The molecule has 0 aliphatic carbocycles. The third-order valence-electron chi connectivity index (χ3n) is 3.93. The van der Waals surface area contributed by atoms with Crippen molar-refractivity contribution in [3.8, 4) is 0 Å². The monoisotopic (exact) mass is 379 g/mol. The number of aryl methyl sites for hydroxylation is 1. The van der Waals surface area contributed by atoms with Crippen LogP contribution in [-0.4, -0.2) is 23.3 Å². The zero-order chi connectivity index (χ0) is 19.1. The van der Waals surface area contributed by atoms with E-state index in [1.165, 1.54) is 11.3 Å². The van der Waals surface area contributed by atoms with Crippen LogP contribution in [0.25, 0.3) is 0 Å². The number of thiazole rings is 1. The smallest absolute Gasteiger partial charge is 0.235 e. The van der Waals surface area contributed by atoms with Crippen LogP contribution in [-0.2, 0) is 16.0 Å². The second kappa shape index (κ2) is 9.09. The van der Waals surface area contributed by atoms with Gasteiger partial charge in [0.1, 0.15) is 0 Å². The summed E-state index contributed by atoms with van der Waals surface area (Å²) in [5, 5.41) is 5.38. The third-order valence-corrected chi connectivity index (χ3v) is 4.87. The van der Waals surface area contributed by atoms with Crippen LogP contribution in [0.5, 0.6) is 0 Å². The molecule has 27 heavy (non-hydrogen) atoms. The number of para-hydroxylation sites is 1. The van der Waals surface area contributed by atoms with E-state index >= 15 is 0 Å². The number of carbonyl (C=O) groups is 2. The fourth-order valence-corrected chi connectivity index (χ4v) is 3.48. The second-order valence-electron chi connectivity index (χ2n) is 6.10. The van der Waals surface area contributed by atoms with Crippen molar-refractivity contribution in [3.63, 3.8) is 0 Å². The maximum atomic E-state index is 12.8. The maximum absolute atomic E-state index is 12.8. The quantitative estimate of drug-likeness (QED) is 0.678. The number of rotatable bonds is 7. The molecule has 0 radical (unpaired) electrons. The molecule has 2 aromatic carbocycles. The first-order chi connectivity index (χ1) is 13.1. The molecule has 3 rings (SSSR count). The van der Waals surface area contributed by atoms with Gasteiger partial charge in [-0.15, -0.1) is 11.3 Å². The van der Waals surface area contributed by atoms with Crippen LogP contribution in [0.1, 0.15) is 17.7 Å². The van der Waals surface area contributed by atoms with E-state index in [0.29, 0.717) is 11.6 Å². The predicted molar refractivity (Wildman–Crippen MR) is 108 cm³/mol. The number of hydrogen-bond acceptors (Lipinski definition) is 4. The number of nitrogens with one attached hydrogen (secondary N) is 1. The molecule has 0 saturated carbocycles. The van der Waals surface area contributed by atoms with E-state index in [-0.39, 0.29) is 24.8 Å². The van der Waals surface area contributed by atoms with E-state index < -0.39 is 0 Å². The molecule has 0 saturated heterocycles. The van der Waals surface area contributed by atoms with E-state index in [1.807, 2.05) is 73.0 Å². The molecule has 1 N–H and O–H groups in total. The van der Waals surface area contributed by atoms with Gasteiger partial charge in [0.15, 0.2) is 5.13 Å². The molecule has 0 aliphatic rings. The normalized spacial score (nSPS) is 10.4. The highest BCUT2D eigenvalue weighted by atomic mass is 32.1. The molecule has 6 heteroatoms. The maximum Gasteiger partial charge on any atom is 0.235 e. The van der Waals surface area contributed by atoms with Crippen molar-refractivity contribution in [3.05, 3.63) is 77.3 Å². The number of hydrogen-bond donors (Lipinski definition) is 1. The minimum Gasteiger partial charge on any atom is -0.355 e. The van der Waals surface area contributed by atoms with Crippen molar-refractivity contribution in [1.82, 2.24) is 10.3 Å². The van der Waals surface area contributed by atoms with Crippen LogP contribution >= 0.6 is 11.3 Å². The number of amides is 2. The minimum atomic E-state index is -0.101. The Labute approximate surface area is 162 Å². The first-order valence-electron chi connectivity index (χ1n) is 8.74. The van der Waals surface area contributed by atoms with E-state index in [1.54, 1.807) is 4.90 Å². The van der Waals surface area contributed by atoms with Crippen LogP contribution in [0.15, 0.2) is 66.0 Å². The number of nitrogens with zero attached hydrogens (tertiary/aromatic N) is 2.